The number of aliphatic hydroxyl groups excluding tert-OH is 2. The second kappa shape index (κ2) is 8.77. The van der Waals surface area contributed by atoms with Gasteiger partial charge in [-0.2, -0.15) is 0 Å². The zero-order valence-corrected chi connectivity index (χ0v) is 12.3. The maximum atomic E-state index is 10.9. The Morgan fingerprint density at radius 1 is 1.26 bits per heavy atom. The van der Waals surface area contributed by atoms with Crippen molar-refractivity contribution in [2.75, 3.05) is 13.7 Å². The number of rotatable bonds is 8. The number of unbranched alkanes of at least 4 members (excludes halogenated alkanes) is 3. The molecule has 1 aliphatic rings. The molecule has 1 aliphatic carbocycles. The van der Waals surface area contributed by atoms with Crippen LogP contribution in [0.15, 0.2) is 0 Å². The molecule has 0 aromatic heterocycles. The van der Waals surface area contributed by atoms with Gasteiger partial charge in [0.15, 0.2) is 0 Å². The number of hydrogen-bond donors (Lipinski definition) is 2. The first kappa shape index (κ1) is 16.7. The van der Waals surface area contributed by atoms with Crippen LogP contribution >= 0.6 is 11.6 Å². The molecule has 0 saturated heterocycles. The highest BCUT2D eigenvalue weighted by Gasteiger charge is 2.40. The Balaban J connectivity index is 2.13. The van der Waals surface area contributed by atoms with Gasteiger partial charge < -0.3 is 14.9 Å². The number of ether oxygens (including phenoxy) is 1. The summed E-state index contributed by atoms with van der Waals surface area (Å²) in [4.78, 5) is 10.9. The average molecular weight is 293 g/mol. The molecule has 4 unspecified atom stereocenters. The Labute approximate surface area is 120 Å². The normalized spacial score (nSPS) is 30.5. The fraction of sp³-hybridized carbons (Fsp3) is 0.929. The van der Waals surface area contributed by atoms with E-state index in [1.807, 2.05) is 0 Å². The van der Waals surface area contributed by atoms with E-state index in [1.54, 1.807) is 0 Å². The van der Waals surface area contributed by atoms with Crippen molar-refractivity contribution in [2.24, 2.45) is 11.8 Å². The molecule has 19 heavy (non-hydrogen) atoms. The van der Waals surface area contributed by atoms with E-state index in [-0.39, 0.29) is 29.8 Å². The Morgan fingerprint density at radius 2 is 1.95 bits per heavy atom. The Morgan fingerprint density at radius 3 is 2.58 bits per heavy atom. The van der Waals surface area contributed by atoms with E-state index in [4.69, 9.17) is 11.6 Å². The van der Waals surface area contributed by atoms with Gasteiger partial charge in [-0.15, -0.1) is 11.6 Å². The van der Waals surface area contributed by atoms with E-state index in [2.05, 4.69) is 4.74 Å². The number of carbonyl (C=O) groups is 1. The minimum absolute atomic E-state index is 0.0113. The smallest absolute Gasteiger partial charge is 0.305 e. The summed E-state index contributed by atoms with van der Waals surface area (Å²) < 4.78 is 4.58. The van der Waals surface area contributed by atoms with Crippen LogP contribution < -0.4 is 0 Å². The third kappa shape index (κ3) is 5.28. The summed E-state index contributed by atoms with van der Waals surface area (Å²) in [6.45, 7) is 0.0113. The van der Waals surface area contributed by atoms with Crippen molar-refractivity contribution >= 4 is 17.6 Å². The molecule has 0 spiro atoms. The van der Waals surface area contributed by atoms with E-state index < -0.39 is 6.10 Å². The van der Waals surface area contributed by atoms with E-state index >= 15 is 0 Å². The van der Waals surface area contributed by atoms with Crippen molar-refractivity contribution in [3.63, 3.8) is 0 Å². The minimum atomic E-state index is -0.461. The monoisotopic (exact) mass is 292 g/mol. The van der Waals surface area contributed by atoms with Gasteiger partial charge in [-0.05, 0) is 25.2 Å². The highest BCUT2D eigenvalue weighted by Crippen LogP contribution is 2.39. The van der Waals surface area contributed by atoms with Crippen LogP contribution in [0.4, 0.5) is 0 Å². The van der Waals surface area contributed by atoms with Crippen molar-refractivity contribution < 1.29 is 19.7 Å². The summed E-state index contributed by atoms with van der Waals surface area (Å²) in [6.07, 6.45) is 5.47. The van der Waals surface area contributed by atoms with Crippen LogP contribution in [0.1, 0.15) is 44.9 Å². The van der Waals surface area contributed by atoms with Crippen molar-refractivity contribution in [3.05, 3.63) is 0 Å². The number of alkyl halides is 1. The molecule has 0 bridgehead atoms. The fourth-order valence-electron chi connectivity index (χ4n) is 2.89. The van der Waals surface area contributed by atoms with Gasteiger partial charge >= 0.3 is 5.97 Å². The molecular formula is C14H25ClO4. The van der Waals surface area contributed by atoms with Crippen LogP contribution in [0, 0.1) is 11.8 Å². The highest BCUT2D eigenvalue weighted by molar-refractivity contribution is 6.21. The summed E-state index contributed by atoms with van der Waals surface area (Å²) >= 11 is 6.21. The van der Waals surface area contributed by atoms with E-state index in [9.17, 15) is 15.0 Å². The molecule has 0 heterocycles. The van der Waals surface area contributed by atoms with Crippen LogP contribution in [0.5, 0.6) is 0 Å². The van der Waals surface area contributed by atoms with Gasteiger partial charge in [0, 0.05) is 24.3 Å². The number of methoxy groups -OCH3 is 1. The third-order valence-corrected chi connectivity index (χ3v) is 4.58. The molecule has 2 N–H and O–H groups in total. The lowest BCUT2D eigenvalue weighted by atomic mass is 9.90. The van der Waals surface area contributed by atoms with Gasteiger partial charge in [0.2, 0.25) is 0 Å². The second-order valence-corrected chi connectivity index (χ2v) is 5.92. The Hall–Kier alpha value is -0.320. The summed E-state index contributed by atoms with van der Waals surface area (Å²) in [6, 6.07) is 0. The average Bonchev–Trinajstić information content (AvgIpc) is 2.67. The van der Waals surface area contributed by atoms with Gasteiger partial charge in [-0.1, -0.05) is 19.3 Å². The Bertz CT molecular complexity index is 272. The largest absolute Gasteiger partial charge is 0.469 e. The van der Waals surface area contributed by atoms with Crippen LogP contribution in [0.3, 0.4) is 0 Å². The highest BCUT2D eigenvalue weighted by atomic mass is 35.5. The van der Waals surface area contributed by atoms with Gasteiger partial charge in [0.25, 0.3) is 0 Å². The Kier molecular flexibility index (Phi) is 7.73. The molecule has 112 valence electrons. The quantitative estimate of drug-likeness (QED) is 0.408. The summed E-state index contributed by atoms with van der Waals surface area (Å²) in [7, 11) is 1.41. The zero-order valence-electron chi connectivity index (χ0n) is 11.6. The van der Waals surface area contributed by atoms with E-state index in [0.717, 1.165) is 32.1 Å². The molecule has 0 aromatic carbocycles. The van der Waals surface area contributed by atoms with Crippen LogP contribution in [-0.4, -0.2) is 41.4 Å². The molecule has 0 aliphatic heterocycles. The minimum Gasteiger partial charge on any atom is -0.469 e. The first-order valence-electron chi connectivity index (χ1n) is 7.10. The predicted octanol–water partition coefficient (Wildman–Crippen LogP) is 2.10. The lowest BCUT2D eigenvalue weighted by Crippen LogP contribution is -2.24. The number of halogens is 1. The standard InChI is InChI=1S/C14H25ClO4/c1-19-14(18)7-5-3-2-4-6-10-11(9-16)13(17)8-12(10)15/h10-13,16-17H,2-9H2,1H3. The topological polar surface area (TPSA) is 66.8 Å². The number of carbonyl (C=O) groups excluding carboxylic acids is 1. The van der Waals surface area contributed by atoms with Gasteiger partial charge in [0.05, 0.1) is 13.2 Å². The fourth-order valence-corrected chi connectivity index (χ4v) is 3.39. The lowest BCUT2D eigenvalue weighted by Gasteiger charge is -2.21. The number of esters is 1. The molecule has 0 radical (unpaired) electrons. The van der Waals surface area contributed by atoms with Gasteiger partial charge in [0.1, 0.15) is 0 Å². The summed E-state index contributed by atoms with van der Waals surface area (Å²) in [5, 5.41) is 19.0. The SMILES string of the molecule is COC(=O)CCCCCCC1C(Cl)CC(O)C1CO. The molecule has 5 heteroatoms. The molecule has 0 amide bonds. The third-order valence-electron chi connectivity index (χ3n) is 4.08. The number of aliphatic hydroxyl groups is 2. The summed E-state index contributed by atoms with van der Waals surface area (Å²) in [5.74, 6) is -0.0140. The summed E-state index contributed by atoms with van der Waals surface area (Å²) in [5.41, 5.74) is 0. The van der Waals surface area contributed by atoms with Crippen LogP contribution in [0.25, 0.3) is 0 Å². The number of hydrogen-bond acceptors (Lipinski definition) is 4. The van der Waals surface area contributed by atoms with Crippen molar-refractivity contribution in [2.45, 2.75) is 56.4 Å². The first-order valence-corrected chi connectivity index (χ1v) is 7.53. The van der Waals surface area contributed by atoms with Crippen LogP contribution in [-0.2, 0) is 9.53 Å². The molecule has 4 atom stereocenters. The molecule has 0 aromatic rings. The zero-order chi connectivity index (χ0) is 14.3. The van der Waals surface area contributed by atoms with Gasteiger partial charge in [-0.3, -0.25) is 4.79 Å². The predicted molar refractivity (Wildman–Crippen MR) is 74.0 cm³/mol. The van der Waals surface area contributed by atoms with E-state index in [0.29, 0.717) is 12.8 Å². The van der Waals surface area contributed by atoms with Gasteiger partial charge in [-0.25, -0.2) is 0 Å². The van der Waals surface area contributed by atoms with Crippen molar-refractivity contribution in [3.8, 4) is 0 Å². The maximum Gasteiger partial charge on any atom is 0.305 e. The van der Waals surface area contributed by atoms with E-state index in [1.165, 1.54) is 7.11 Å². The molecular weight excluding hydrogens is 268 g/mol. The molecule has 1 saturated carbocycles. The van der Waals surface area contributed by atoms with Crippen LogP contribution in [0.2, 0.25) is 0 Å². The van der Waals surface area contributed by atoms with Crippen molar-refractivity contribution in [1.82, 2.24) is 0 Å². The molecule has 1 fully saturated rings. The lowest BCUT2D eigenvalue weighted by molar-refractivity contribution is -0.140. The first-order chi connectivity index (χ1) is 9.10. The molecule has 4 nitrogen and oxygen atoms in total. The molecule has 1 rings (SSSR count). The second-order valence-electron chi connectivity index (χ2n) is 5.36. The maximum absolute atomic E-state index is 10.9. The van der Waals surface area contributed by atoms with Crippen molar-refractivity contribution in [1.29, 1.82) is 0 Å².